The fraction of sp³-hybridized carbons (Fsp3) is 0.556. The number of likely N-dealkylation sites (tertiary alicyclic amines) is 1. The van der Waals surface area contributed by atoms with Crippen molar-refractivity contribution >= 4 is 5.91 Å². The van der Waals surface area contributed by atoms with Gasteiger partial charge in [0.1, 0.15) is 23.1 Å². The second kappa shape index (κ2) is 7.41. The second-order valence-corrected chi connectivity index (χ2v) is 7.06. The van der Waals surface area contributed by atoms with E-state index >= 15 is 0 Å². The standard InChI is InChI=1S/C18H24N6O2/c19-18(25)15-10-14(3-6-20-15)26-12-13-4-8-23(9-5-13)11-17-22-21-16-2-1-7-24(16)17/h3,6,10,13H,1-2,4-5,7-9,11-12H2,(H2,19,25). The zero-order chi connectivity index (χ0) is 17.9. The normalized spacial score (nSPS) is 18.0. The highest BCUT2D eigenvalue weighted by atomic mass is 16.5. The Hall–Kier alpha value is -2.48. The molecule has 2 aromatic rings. The zero-order valence-corrected chi connectivity index (χ0v) is 14.8. The first-order chi connectivity index (χ1) is 12.7. The van der Waals surface area contributed by atoms with Gasteiger partial charge in [0.25, 0.3) is 5.91 Å². The van der Waals surface area contributed by atoms with E-state index in [4.69, 9.17) is 10.5 Å². The zero-order valence-electron chi connectivity index (χ0n) is 14.8. The lowest BCUT2D eigenvalue weighted by atomic mass is 9.98. The first-order valence-electron chi connectivity index (χ1n) is 9.21. The summed E-state index contributed by atoms with van der Waals surface area (Å²) >= 11 is 0. The molecular formula is C18H24N6O2. The third kappa shape index (κ3) is 3.70. The Kier molecular flexibility index (Phi) is 4.83. The molecule has 138 valence electrons. The lowest BCUT2D eigenvalue weighted by molar-refractivity contribution is 0.0994. The number of carbonyl (C=O) groups is 1. The van der Waals surface area contributed by atoms with Crippen LogP contribution in [-0.4, -0.2) is 50.3 Å². The van der Waals surface area contributed by atoms with Crippen molar-refractivity contribution < 1.29 is 9.53 Å². The van der Waals surface area contributed by atoms with Crippen molar-refractivity contribution in [3.63, 3.8) is 0 Å². The van der Waals surface area contributed by atoms with Crippen LogP contribution in [0.5, 0.6) is 5.75 Å². The van der Waals surface area contributed by atoms with Gasteiger partial charge in [-0.25, -0.2) is 0 Å². The van der Waals surface area contributed by atoms with Crippen LogP contribution < -0.4 is 10.5 Å². The summed E-state index contributed by atoms with van der Waals surface area (Å²) in [5.41, 5.74) is 5.49. The lowest BCUT2D eigenvalue weighted by Crippen LogP contribution is -2.35. The molecule has 0 bridgehead atoms. The van der Waals surface area contributed by atoms with E-state index < -0.39 is 5.91 Å². The third-order valence-corrected chi connectivity index (χ3v) is 5.23. The molecule has 1 amide bonds. The SMILES string of the molecule is NC(=O)c1cc(OCC2CCN(Cc3nnc4n3CCC4)CC2)ccn1. The van der Waals surface area contributed by atoms with Crippen LogP contribution in [0.2, 0.25) is 0 Å². The molecule has 0 unspecified atom stereocenters. The van der Waals surface area contributed by atoms with Gasteiger partial charge in [-0.1, -0.05) is 0 Å². The smallest absolute Gasteiger partial charge is 0.267 e. The Morgan fingerprint density at radius 1 is 1.27 bits per heavy atom. The minimum atomic E-state index is -0.538. The van der Waals surface area contributed by atoms with Crippen molar-refractivity contribution in [3.05, 3.63) is 35.7 Å². The van der Waals surface area contributed by atoms with E-state index in [0.29, 0.717) is 18.3 Å². The quantitative estimate of drug-likeness (QED) is 0.829. The van der Waals surface area contributed by atoms with E-state index in [0.717, 1.165) is 57.1 Å². The summed E-state index contributed by atoms with van der Waals surface area (Å²) in [5.74, 6) is 2.86. The van der Waals surface area contributed by atoms with Crippen molar-refractivity contribution in [2.24, 2.45) is 11.7 Å². The number of piperidine rings is 1. The number of rotatable bonds is 6. The Balaban J connectivity index is 1.25. The third-order valence-electron chi connectivity index (χ3n) is 5.23. The van der Waals surface area contributed by atoms with Gasteiger partial charge in [0.05, 0.1) is 13.2 Å². The van der Waals surface area contributed by atoms with Gasteiger partial charge >= 0.3 is 0 Å². The Labute approximate surface area is 152 Å². The molecule has 4 heterocycles. The molecule has 2 aliphatic heterocycles. The average Bonchev–Trinajstić information content (AvgIpc) is 3.26. The molecule has 4 rings (SSSR count). The number of nitrogens with two attached hydrogens (primary N) is 1. The summed E-state index contributed by atoms with van der Waals surface area (Å²) in [7, 11) is 0. The Morgan fingerprint density at radius 2 is 2.12 bits per heavy atom. The van der Waals surface area contributed by atoms with Crippen LogP contribution in [0.4, 0.5) is 0 Å². The van der Waals surface area contributed by atoms with Gasteiger partial charge in [-0.15, -0.1) is 10.2 Å². The molecule has 2 aliphatic rings. The predicted molar refractivity (Wildman–Crippen MR) is 94.6 cm³/mol. The number of carbonyl (C=O) groups excluding carboxylic acids is 1. The number of hydrogen-bond donors (Lipinski definition) is 1. The second-order valence-electron chi connectivity index (χ2n) is 7.06. The summed E-state index contributed by atoms with van der Waals surface area (Å²) < 4.78 is 8.12. The highest BCUT2D eigenvalue weighted by molar-refractivity contribution is 5.91. The number of aromatic nitrogens is 4. The van der Waals surface area contributed by atoms with Crippen molar-refractivity contribution in [1.82, 2.24) is 24.6 Å². The number of primary amides is 1. The number of aryl methyl sites for hydroxylation is 1. The van der Waals surface area contributed by atoms with E-state index in [1.165, 1.54) is 6.42 Å². The maximum absolute atomic E-state index is 11.2. The predicted octanol–water partition coefficient (Wildman–Crippen LogP) is 1.01. The van der Waals surface area contributed by atoms with E-state index in [1.807, 2.05) is 0 Å². The number of pyridine rings is 1. The van der Waals surface area contributed by atoms with Gasteiger partial charge in [0.2, 0.25) is 0 Å². The van der Waals surface area contributed by atoms with E-state index in [1.54, 1.807) is 18.3 Å². The monoisotopic (exact) mass is 356 g/mol. The molecule has 0 atom stereocenters. The maximum atomic E-state index is 11.2. The molecule has 2 aromatic heterocycles. The lowest BCUT2D eigenvalue weighted by Gasteiger charge is -2.31. The van der Waals surface area contributed by atoms with E-state index in [-0.39, 0.29) is 5.69 Å². The molecule has 0 radical (unpaired) electrons. The van der Waals surface area contributed by atoms with Crippen LogP contribution in [0.3, 0.4) is 0 Å². The number of fused-ring (bicyclic) bond motifs is 1. The van der Waals surface area contributed by atoms with Crippen molar-refractivity contribution in [1.29, 1.82) is 0 Å². The largest absolute Gasteiger partial charge is 0.493 e. The van der Waals surface area contributed by atoms with Crippen molar-refractivity contribution in [2.75, 3.05) is 19.7 Å². The van der Waals surface area contributed by atoms with Crippen LogP contribution in [0.25, 0.3) is 0 Å². The van der Waals surface area contributed by atoms with Gasteiger partial charge in [-0.3, -0.25) is 14.7 Å². The maximum Gasteiger partial charge on any atom is 0.267 e. The molecule has 8 heteroatoms. The number of ether oxygens (including phenoxy) is 1. The van der Waals surface area contributed by atoms with E-state index in [2.05, 4.69) is 24.6 Å². The molecule has 0 saturated carbocycles. The summed E-state index contributed by atoms with van der Waals surface area (Å²) in [6.45, 7) is 4.67. The van der Waals surface area contributed by atoms with Crippen LogP contribution in [0.15, 0.2) is 18.3 Å². The molecule has 26 heavy (non-hydrogen) atoms. The van der Waals surface area contributed by atoms with Gasteiger partial charge < -0.3 is 15.0 Å². The number of nitrogens with zero attached hydrogens (tertiary/aromatic N) is 5. The number of amides is 1. The Bertz CT molecular complexity index is 782. The Morgan fingerprint density at radius 3 is 2.92 bits per heavy atom. The molecule has 1 saturated heterocycles. The highest BCUT2D eigenvalue weighted by Gasteiger charge is 2.23. The molecule has 2 N–H and O–H groups in total. The summed E-state index contributed by atoms with van der Waals surface area (Å²) in [5, 5.41) is 8.64. The van der Waals surface area contributed by atoms with Gasteiger partial charge in [0.15, 0.2) is 0 Å². The van der Waals surface area contributed by atoms with Crippen LogP contribution in [0, 0.1) is 5.92 Å². The van der Waals surface area contributed by atoms with Crippen LogP contribution in [-0.2, 0) is 19.5 Å². The van der Waals surface area contributed by atoms with Crippen LogP contribution >= 0.6 is 0 Å². The average molecular weight is 356 g/mol. The fourth-order valence-corrected chi connectivity index (χ4v) is 3.69. The minimum Gasteiger partial charge on any atom is -0.493 e. The summed E-state index contributed by atoms with van der Waals surface area (Å²) in [4.78, 5) is 17.6. The molecule has 8 nitrogen and oxygen atoms in total. The van der Waals surface area contributed by atoms with Crippen molar-refractivity contribution in [3.8, 4) is 5.75 Å². The molecule has 0 aromatic carbocycles. The summed E-state index contributed by atoms with van der Waals surface area (Å²) in [6.07, 6.45) is 5.97. The van der Waals surface area contributed by atoms with Gasteiger partial charge in [-0.05, 0) is 44.3 Å². The van der Waals surface area contributed by atoms with Crippen molar-refractivity contribution in [2.45, 2.75) is 38.8 Å². The molecule has 1 fully saturated rings. The van der Waals surface area contributed by atoms with Gasteiger partial charge in [-0.2, -0.15) is 0 Å². The molecule has 0 spiro atoms. The number of hydrogen-bond acceptors (Lipinski definition) is 6. The molecule has 0 aliphatic carbocycles. The van der Waals surface area contributed by atoms with Gasteiger partial charge in [0, 0.05) is 25.2 Å². The topological polar surface area (TPSA) is 99.2 Å². The minimum absolute atomic E-state index is 0.234. The van der Waals surface area contributed by atoms with E-state index in [9.17, 15) is 4.79 Å². The summed E-state index contributed by atoms with van der Waals surface area (Å²) in [6, 6.07) is 3.36. The van der Waals surface area contributed by atoms with Crippen LogP contribution in [0.1, 0.15) is 41.4 Å². The fourth-order valence-electron chi connectivity index (χ4n) is 3.69. The first-order valence-corrected chi connectivity index (χ1v) is 9.21. The first kappa shape index (κ1) is 17.0. The molecular weight excluding hydrogens is 332 g/mol. The highest BCUT2D eigenvalue weighted by Crippen LogP contribution is 2.22.